The van der Waals surface area contributed by atoms with Crippen LogP contribution in [-0.4, -0.2) is 26.5 Å². The van der Waals surface area contributed by atoms with Crippen molar-refractivity contribution in [1.29, 1.82) is 0 Å². The van der Waals surface area contributed by atoms with Gasteiger partial charge in [-0.2, -0.15) is 11.8 Å². The van der Waals surface area contributed by atoms with Gasteiger partial charge in [-0.05, 0) is 40.4 Å². The molecule has 17 heavy (non-hydrogen) atoms. The zero-order chi connectivity index (χ0) is 13.1. The molecule has 1 rings (SSSR count). The van der Waals surface area contributed by atoms with Crippen molar-refractivity contribution in [3.63, 3.8) is 0 Å². The summed E-state index contributed by atoms with van der Waals surface area (Å²) < 4.78 is 27.0. The summed E-state index contributed by atoms with van der Waals surface area (Å²) in [7, 11) is -3.46. The third-order valence-electron chi connectivity index (χ3n) is 2.16. The first-order chi connectivity index (χ1) is 7.86. The van der Waals surface area contributed by atoms with Crippen LogP contribution in [0.4, 0.5) is 0 Å². The molecule has 1 N–H and O–H groups in total. The van der Waals surface area contributed by atoms with E-state index in [0.717, 1.165) is 0 Å². The lowest BCUT2D eigenvalue weighted by Gasteiger charge is -2.11. The normalized spacial score (nSPS) is 13.6. The molecular formula is C10H13BrClNO2S2. The van der Waals surface area contributed by atoms with E-state index in [1.165, 1.54) is 12.1 Å². The summed E-state index contributed by atoms with van der Waals surface area (Å²) in [6, 6.07) is 4.53. The van der Waals surface area contributed by atoms with E-state index >= 15 is 0 Å². The van der Waals surface area contributed by atoms with Gasteiger partial charge in [0.2, 0.25) is 10.0 Å². The molecule has 1 aromatic carbocycles. The Morgan fingerprint density at radius 2 is 2.18 bits per heavy atom. The van der Waals surface area contributed by atoms with E-state index in [2.05, 4.69) is 20.7 Å². The van der Waals surface area contributed by atoms with Gasteiger partial charge in [-0.15, -0.1) is 0 Å². The Bertz CT molecular complexity index is 493. The molecule has 0 aliphatic carbocycles. The molecule has 0 aliphatic rings. The summed E-state index contributed by atoms with van der Waals surface area (Å²) in [6.45, 7) is 2.37. The highest BCUT2D eigenvalue weighted by atomic mass is 79.9. The molecule has 0 saturated carbocycles. The fourth-order valence-corrected chi connectivity index (χ4v) is 3.20. The maximum absolute atomic E-state index is 11.9. The first-order valence-electron chi connectivity index (χ1n) is 4.84. The molecule has 0 heterocycles. The smallest absolute Gasteiger partial charge is 0.210 e. The van der Waals surface area contributed by atoms with E-state index in [4.69, 9.17) is 11.6 Å². The van der Waals surface area contributed by atoms with E-state index in [0.29, 0.717) is 16.0 Å². The SMILES string of the molecule is CSC(C)CNS(=O)(=O)c1ccc(Cl)c(Br)c1. The lowest BCUT2D eigenvalue weighted by Crippen LogP contribution is -2.29. The number of nitrogens with one attached hydrogen (secondary N) is 1. The molecule has 3 nitrogen and oxygen atoms in total. The summed E-state index contributed by atoms with van der Waals surface area (Å²) in [5.41, 5.74) is 0. The van der Waals surface area contributed by atoms with Gasteiger partial charge in [0.15, 0.2) is 0 Å². The Kier molecular flexibility index (Phi) is 5.79. The summed E-state index contributed by atoms with van der Waals surface area (Å²) in [4.78, 5) is 0.210. The van der Waals surface area contributed by atoms with Gasteiger partial charge in [0.05, 0.1) is 9.92 Å². The van der Waals surface area contributed by atoms with Crippen LogP contribution >= 0.6 is 39.3 Å². The first-order valence-corrected chi connectivity index (χ1v) is 8.78. The van der Waals surface area contributed by atoms with Gasteiger partial charge in [0.25, 0.3) is 0 Å². The second-order valence-electron chi connectivity index (χ2n) is 3.47. The molecular weight excluding hydrogens is 346 g/mol. The van der Waals surface area contributed by atoms with Crippen LogP contribution in [0.1, 0.15) is 6.92 Å². The third-order valence-corrected chi connectivity index (χ3v) is 5.77. The van der Waals surface area contributed by atoms with Gasteiger partial charge in [-0.1, -0.05) is 18.5 Å². The molecule has 96 valence electrons. The van der Waals surface area contributed by atoms with Crippen LogP contribution in [0.5, 0.6) is 0 Å². The van der Waals surface area contributed by atoms with Gasteiger partial charge >= 0.3 is 0 Å². The van der Waals surface area contributed by atoms with Crippen LogP contribution < -0.4 is 4.72 Å². The summed E-state index contributed by atoms with van der Waals surface area (Å²) in [5, 5.41) is 0.724. The van der Waals surface area contributed by atoms with Crippen molar-refractivity contribution in [2.24, 2.45) is 0 Å². The van der Waals surface area contributed by atoms with Gasteiger partial charge < -0.3 is 0 Å². The minimum absolute atomic E-state index is 0.210. The number of hydrogen-bond donors (Lipinski definition) is 1. The largest absolute Gasteiger partial charge is 0.240 e. The van der Waals surface area contributed by atoms with Crippen LogP contribution in [0, 0.1) is 0 Å². The molecule has 0 aromatic heterocycles. The summed E-state index contributed by atoms with van der Waals surface area (Å²) in [5.74, 6) is 0. The van der Waals surface area contributed by atoms with Gasteiger partial charge in [0.1, 0.15) is 0 Å². The molecule has 7 heteroatoms. The Morgan fingerprint density at radius 3 is 2.71 bits per heavy atom. The molecule has 0 fully saturated rings. The van der Waals surface area contributed by atoms with Gasteiger partial charge in [-0.25, -0.2) is 13.1 Å². The lowest BCUT2D eigenvalue weighted by atomic mass is 10.4. The van der Waals surface area contributed by atoms with E-state index in [9.17, 15) is 8.42 Å². The molecule has 1 aromatic rings. The topological polar surface area (TPSA) is 46.2 Å². The van der Waals surface area contributed by atoms with Crippen molar-refractivity contribution in [2.45, 2.75) is 17.1 Å². The molecule has 0 spiro atoms. The molecule has 0 bridgehead atoms. The Hall–Kier alpha value is 0.250. The number of sulfonamides is 1. The van der Waals surface area contributed by atoms with Crippen LogP contribution in [0.3, 0.4) is 0 Å². The maximum Gasteiger partial charge on any atom is 0.240 e. The summed E-state index contributed by atoms with van der Waals surface area (Å²) >= 11 is 10.6. The Morgan fingerprint density at radius 1 is 1.53 bits per heavy atom. The number of rotatable bonds is 5. The van der Waals surface area contributed by atoms with Crippen LogP contribution in [0.2, 0.25) is 5.02 Å². The first kappa shape index (κ1) is 15.3. The quantitative estimate of drug-likeness (QED) is 0.879. The number of halogens is 2. The predicted molar refractivity (Wildman–Crippen MR) is 77.3 cm³/mol. The minimum Gasteiger partial charge on any atom is -0.210 e. The van der Waals surface area contributed by atoms with E-state index in [1.54, 1.807) is 17.8 Å². The fourth-order valence-electron chi connectivity index (χ4n) is 1.04. The van der Waals surface area contributed by atoms with Crippen LogP contribution in [0.15, 0.2) is 27.6 Å². The van der Waals surface area contributed by atoms with Crippen molar-refractivity contribution >= 4 is 49.3 Å². The monoisotopic (exact) mass is 357 g/mol. The second kappa shape index (κ2) is 6.43. The molecule has 1 atom stereocenters. The van der Waals surface area contributed by atoms with E-state index < -0.39 is 10.0 Å². The average Bonchev–Trinajstić information content (AvgIpc) is 2.29. The second-order valence-corrected chi connectivity index (χ2v) is 7.78. The molecule has 0 amide bonds. The average molecular weight is 359 g/mol. The van der Waals surface area contributed by atoms with E-state index in [-0.39, 0.29) is 10.1 Å². The van der Waals surface area contributed by atoms with Gasteiger partial charge in [0, 0.05) is 16.3 Å². The van der Waals surface area contributed by atoms with E-state index in [1.807, 2.05) is 13.2 Å². The fraction of sp³-hybridized carbons (Fsp3) is 0.400. The van der Waals surface area contributed by atoms with Crippen molar-refractivity contribution in [3.8, 4) is 0 Å². The number of benzene rings is 1. The zero-order valence-corrected chi connectivity index (χ0v) is 13.4. The third kappa shape index (κ3) is 4.44. The predicted octanol–water partition coefficient (Wildman–Crippen LogP) is 3.13. The van der Waals surface area contributed by atoms with Crippen LogP contribution in [0.25, 0.3) is 0 Å². The number of thioether (sulfide) groups is 1. The standard InChI is InChI=1S/C10H13BrClNO2S2/c1-7(16-2)6-13-17(14,15)8-3-4-10(12)9(11)5-8/h3-5,7,13H,6H2,1-2H3. The highest BCUT2D eigenvalue weighted by Crippen LogP contribution is 2.25. The van der Waals surface area contributed by atoms with Crippen molar-refractivity contribution in [1.82, 2.24) is 4.72 Å². The number of hydrogen-bond acceptors (Lipinski definition) is 3. The summed E-state index contributed by atoms with van der Waals surface area (Å²) in [6.07, 6.45) is 1.94. The lowest BCUT2D eigenvalue weighted by molar-refractivity contribution is 0.581. The Balaban J connectivity index is 2.86. The highest BCUT2D eigenvalue weighted by Gasteiger charge is 2.15. The van der Waals surface area contributed by atoms with Crippen molar-refractivity contribution in [2.75, 3.05) is 12.8 Å². The van der Waals surface area contributed by atoms with Gasteiger partial charge in [-0.3, -0.25) is 0 Å². The molecule has 1 unspecified atom stereocenters. The van der Waals surface area contributed by atoms with Crippen molar-refractivity contribution < 1.29 is 8.42 Å². The maximum atomic E-state index is 11.9. The minimum atomic E-state index is -3.46. The molecule has 0 aliphatic heterocycles. The zero-order valence-electron chi connectivity index (χ0n) is 9.41. The highest BCUT2D eigenvalue weighted by molar-refractivity contribution is 9.10. The van der Waals surface area contributed by atoms with Crippen molar-refractivity contribution in [3.05, 3.63) is 27.7 Å². The van der Waals surface area contributed by atoms with Crippen LogP contribution in [-0.2, 0) is 10.0 Å². The molecule has 0 saturated heterocycles. The Labute approximate surface area is 119 Å². The molecule has 0 radical (unpaired) electrons.